The Morgan fingerprint density at radius 1 is 0.976 bits per heavy atom. The monoisotopic (exact) mass is 599 g/mol. The van der Waals surface area contributed by atoms with Crippen LogP contribution in [0.2, 0.25) is 0 Å². The Bertz CT molecular complexity index is 1600. The molecular weight excluding hydrogens is 571 g/mol. The third kappa shape index (κ3) is 3.95. The summed E-state index contributed by atoms with van der Waals surface area (Å²) in [5.74, 6) is -2.22. The van der Waals surface area contributed by atoms with Crippen LogP contribution in [0.5, 0.6) is 0 Å². The van der Waals surface area contributed by atoms with Crippen LogP contribution in [0.15, 0.2) is 58.4 Å². The average Bonchev–Trinajstić information content (AvgIpc) is 3.68. The number of fused-ring (bicyclic) bond motifs is 9. The van der Waals surface area contributed by atoms with Gasteiger partial charge in [0.1, 0.15) is 0 Å². The van der Waals surface area contributed by atoms with Gasteiger partial charge >= 0.3 is 11.0 Å². The van der Waals surface area contributed by atoms with Gasteiger partial charge in [-0.3, -0.25) is 19.3 Å². The molecule has 1 N–H and O–H groups in total. The number of carbonyl (C=O) groups excluding carboxylic acids is 2. The Morgan fingerprint density at radius 2 is 1.66 bits per heavy atom. The number of halogens is 3. The van der Waals surface area contributed by atoms with E-state index in [1.165, 1.54) is 23.5 Å². The molecule has 4 aliphatic rings. The number of aromatic nitrogens is 1. The van der Waals surface area contributed by atoms with Crippen molar-refractivity contribution in [2.75, 3.05) is 22.9 Å². The standard InChI is InChI=1S/C30H28F3N3O3S2/c1-3-35(4-2)16-10-8-14(9-11-16)20-21-18-13-19(24(21)40-26-25(20)41-29(39)34-26)23-22(18)27(37)36(28(23)38)17-7-5-6-15(12-17)30(31,32)33/h5-12,18-24H,3-4,13H2,1-2H3,(H,34,39)/t18-,19-,20?,21?,22?,23?,24?/m1/s1. The summed E-state index contributed by atoms with van der Waals surface area (Å²) < 4.78 is 40.3. The molecule has 2 aliphatic carbocycles. The first-order chi connectivity index (χ1) is 19.6. The molecule has 5 unspecified atom stereocenters. The number of carbonyl (C=O) groups is 2. The van der Waals surface area contributed by atoms with Gasteiger partial charge in [-0.2, -0.15) is 13.2 Å². The second kappa shape index (κ2) is 9.49. The Morgan fingerprint density at radius 3 is 2.32 bits per heavy atom. The molecule has 2 saturated carbocycles. The number of hydrogen-bond acceptors (Lipinski definition) is 6. The van der Waals surface area contributed by atoms with Crippen LogP contribution >= 0.6 is 23.1 Å². The molecular formula is C30H28F3N3O3S2. The lowest BCUT2D eigenvalue weighted by Gasteiger charge is -2.43. The van der Waals surface area contributed by atoms with Gasteiger partial charge in [-0.15, -0.1) is 11.8 Å². The number of amides is 2. The minimum Gasteiger partial charge on any atom is -0.372 e. The van der Waals surface area contributed by atoms with Gasteiger partial charge < -0.3 is 9.88 Å². The number of thioether (sulfide) groups is 1. The van der Waals surface area contributed by atoms with E-state index in [1.807, 2.05) is 0 Å². The van der Waals surface area contributed by atoms with Gasteiger partial charge in [0.15, 0.2) is 0 Å². The van der Waals surface area contributed by atoms with Crippen LogP contribution in [0, 0.1) is 29.6 Å². The Kier molecular flexibility index (Phi) is 6.21. The lowest BCUT2D eigenvalue weighted by atomic mass is 9.68. The van der Waals surface area contributed by atoms with Gasteiger partial charge in [-0.05, 0) is 73.9 Å². The molecule has 2 bridgehead atoms. The molecule has 7 rings (SSSR count). The van der Waals surface area contributed by atoms with Crippen LogP contribution in [0.3, 0.4) is 0 Å². The molecule has 1 saturated heterocycles. The fourth-order valence-corrected chi connectivity index (χ4v) is 10.8. The maximum Gasteiger partial charge on any atom is 0.416 e. The van der Waals surface area contributed by atoms with Gasteiger partial charge in [0.25, 0.3) is 0 Å². The van der Waals surface area contributed by atoms with Crippen molar-refractivity contribution >= 4 is 46.3 Å². The van der Waals surface area contributed by atoms with Crippen LogP contribution in [0.25, 0.3) is 0 Å². The second-order valence-electron chi connectivity index (χ2n) is 11.3. The van der Waals surface area contributed by atoms with Crippen LogP contribution in [0.4, 0.5) is 24.5 Å². The van der Waals surface area contributed by atoms with Crippen molar-refractivity contribution in [1.29, 1.82) is 0 Å². The lowest BCUT2D eigenvalue weighted by Crippen LogP contribution is -2.42. The van der Waals surface area contributed by atoms with Crippen LogP contribution in [0.1, 0.15) is 42.2 Å². The summed E-state index contributed by atoms with van der Waals surface area (Å²) in [7, 11) is 0. The third-order valence-corrected chi connectivity index (χ3v) is 12.1. The fourth-order valence-electron chi connectivity index (χ4n) is 7.95. The number of rotatable bonds is 5. The van der Waals surface area contributed by atoms with E-state index in [0.717, 1.165) is 57.7 Å². The minimum atomic E-state index is -4.58. The smallest absolute Gasteiger partial charge is 0.372 e. The predicted octanol–water partition coefficient (Wildman–Crippen LogP) is 5.98. The number of imide groups is 1. The molecule has 0 radical (unpaired) electrons. The van der Waals surface area contributed by atoms with E-state index in [2.05, 4.69) is 48.0 Å². The predicted molar refractivity (Wildman–Crippen MR) is 152 cm³/mol. The normalized spacial score (nSPS) is 30.0. The van der Waals surface area contributed by atoms with E-state index >= 15 is 0 Å². The number of hydrogen-bond donors (Lipinski definition) is 1. The average molecular weight is 600 g/mol. The number of benzene rings is 2. The molecule has 2 aromatic carbocycles. The first kappa shape index (κ1) is 26.8. The van der Waals surface area contributed by atoms with Crippen molar-refractivity contribution in [3.8, 4) is 0 Å². The number of thiazole rings is 1. The first-order valence-corrected chi connectivity index (χ1v) is 15.6. The first-order valence-electron chi connectivity index (χ1n) is 13.9. The van der Waals surface area contributed by atoms with Crippen molar-refractivity contribution < 1.29 is 22.8 Å². The van der Waals surface area contributed by atoms with E-state index in [0.29, 0.717) is 0 Å². The van der Waals surface area contributed by atoms with Gasteiger partial charge in [0, 0.05) is 34.8 Å². The molecule has 41 heavy (non-hydrogen) atoms. The van der Waals surface area contributed by atoms with E-state index in [-0.39, 0.29) is 39.5 Å². The number of alkyl halides is 3. The Labute approximate surface area is 242 Å². The van der Waals surface area contributed by atoms with Gasteiger partial charge in [0.2, 0.25) is 11.8 Å². The summed E-state index contributed by atoms with van der Waals surface area (Å²) in [6.07, 6.45) is -3.86. The van der Waals surface area contributed by atoms with Crippen molar-refractivity contribution in [2.24, 2.45) is 29.6 Å². The van der Waals surface area contributed by atoms with Gasteiger partial charge in [0.05, 0.1) is 28.1 Å². The van der Waals surface area contributed by atoms with Crippen LogP contribution in [-0.2, 0) is 15.8 Å². The molecule has 7 atom stereocenters. The summed E-state index contributed by atoms with van der Waals surface area (Å²) >= 11 is 2.80. The lowest BCUT2D eigenvalue weighted by molar-refractivity contribution is -0.137. The highest BCUT2D eigenvalue weighted by atomic mass is 32.2. The number of anilines is 2. The molecule has 2 aliphatic heterocycles. The van der Waals surface area contributed by atoms with E-state index in [4.69, 9.17) is 0 Å². The van der Waals surface area contributed by atoms with Crippen LogP contribution in [-0.4, -0.2) is 35.1 Å². The topological polar surface area (TPSA) is 73.5 Å². The zero-order valence-electron chi connectivity index (χ0n) is 22.4. The Hall–Kier alpha value is -3.05. The van der Waals surface area contributed by atoms with Crippen molar-refractivity contribution in [3.63, 3.8) is 0 Å². The summed E-state index contributed by atoms with van der Waals surface area (Å²) in [5.41, 5.74) is 1.28. The fraction of sp³-hybridized carbons (Fsp3) is 0.433. The minimum absolute atomic E-state index is 0.0182. The van der Waals surface area contributed by atoms with Crippen molar-refractivity contribution in [2.45, 2.75) is 42.6 Å². The quantitative estimate of drug-likeness (QED) is 0.366. The van der Waals surface area contributed by atoms with Gasteiger partial charge in [-0.25, -0.2) is 0 Å². The highest BCUT2D eigenvalue weighted by Gasteiger charge is 2.69. The molecule has 11 heteroatoms. The maximum atomic E-state index is 13.9. The molecule has 3 heterocycles. The van der Waals surface area contributed by atoms with Crippen LogP contribution < -0.4 is 14.7 Å². The molecule has 0 spiro atoms. The zero-order chi connectivity index (χ0) is 28.8. The highest BCUT2D eigenvalue weighted by Crippen LogP contribution is 2.68. The molecule has 1 aromatic heterocycles. The molecule has 6 nitrogen and oxygen atoms in total. The number of nitrogens with zero attached hydrogens (tertiary/aromatic N) is 2. The third-order valence-electron chi connectivity index (χ3n) is 9.54. The summed E-state index contributed by atoms with van der Waals surface area (Å²) in [6, 6.07) is 12.9. The highest BCUT2D eigenvalue weighted by molar-refractivity contribution is 8.00. The number of nitrogens with one attached hydrogen (secondary N) is 1. The largest absolute Gasteiger partial charge is 0.416 e. The van der Waals surface area contributed by atoms with Crippen molar-refractivity contribution in [1.82, 2.24) is 4.98 Å². The molecule has 3 fully saturated rings. The molecule has 214 valence electrons. The summed E-state index contributed by atoms with van der Waals surface area (Å²) in [6.45, 7) is 5.99. The van der Waals surface area contributed by atoms with E-state index < -0.39 is 35.4 Å². The van der Waals surface area contributed by atoms with Crippen molar-refractivity contribution in [3.05, 3.63) is 74.2 Å². The van der Waals surface area contributed by atoms with E-state index in [1.54, 1.807) is 11.8 Å². The maximum absolute atomic E-state index is 13.9. The molecule has 2 amide bonds. The molecule has 3 aromatic rings. The van der Waals surface area contributed by atoms with Gasteiger partial charge in [-0.1, -0.05) is 29.5 Å². The van der Waals surface area contributed by atoms with E-state index in [9.17, 15) is 27.6 Å². The SMILES string of the molecule is CCN(CC)c1ccc(C2c3sc(=O)[nH]c3SC3C2[C@H]2C[C@@H]3C3C(=O)N(c4cccc(C(F)(F)F)c4)C(=O)C32)cc1. The number of H-pyrrole nitrogens is 1. The second-order valence-corrected chi connectivity index (χ2v) is 13.5. The summed E-state index contributed by atoms with van der Waals surface area (Å²) in [5, 5.41) is 0.847. The summed E-state index contributed by atoms with van der Waals surface area (Å²) in [4.78, 5) is 47.2. The Balaban J connectivity index is 1.27. The number of aromatic amines is 1. The zero-order valence-corrected chi connectivity index (χ0v) is 24.0.